The van der Waals surface area contributed by atoms with E-state index in [2.05, 4.69) is 44.2 Å². The van der Waals surface area contributed by atoms with Crippen LogP contribution in [0.4, 0.5) is 5.69 Å². The van der Waals surface area contributed by atoms with E-state index in [4.69, 9.17) is 23.8 Å². The van der Waals surface area contributed by atoms with E-state index in [0.717, 1.165) is 34.9 Å². The van der Waals surface area contributed by atoms with Gasteiger partial charge in [-0.3, -0.25) is 4.98 Å². The Morgan fingerprint density at radius 1 is 1.19 bits per heavy atom. The minimum Gasteiger partial charge on any atom is -0.348 e. The van der Waals surface area contributed by atoms with Crippen molar-refractivity contribution in [2.45, 2.75) is 19.5 Å². The van der Waals surface area contributed by atoms with E-state index < -0.39 is 0 Å². The normalized spacial score (nSPS) is 16.2. The summed E-state index contributed by atoms with van der Waals surface area (Å²) in [6.45, 7) is 3.72. The second-order valence-electron chi connectivity index (χ2n) is 6.35. The molecule has 2 aromatic heterocycles. The van der Waals surface area contributed by atoms with Crippen LogP contribution >= 0.6 is 23.8 Å². The quantitative estimate of drug-likeness (QED) is 0.654. The molecule has 0 radical (unpaired) electrons. The highest BCUT2D eigenvalue weighted by molar-refractivity contribution is 7.80. The van der Waals surface area contributed by atoms with Crippen LogP contribution in [0.5, 0.6) is 0 Å². The molecule has 1 aliphatic rings. The molecule has 0 bridgehead atoms. The largest absolute Gasteiger partial charge is 0.348 e. The van der Waals surface area contributed by atoms with Gasteiger partial charge < -0.3 is 14.8 Å². The van der Waals surface area contributed by atoms with Gasteiger partial charge in [0, 0.05) is 48.1 Å². The summed E-state index contributed by atoms with van der Waals surface area (Å²) < 4.78 is 2.28. The van der Waals surface area contributed by atoms with E-state index >= 15 is 0 Å². The SMILES string of the molecule is Cc1c(Cl)cccc1NC(=S)N1CCn2cccc2[C@H]1c1cccnc1. The van der Waals surface area contributed by atoms with Gasteiger partial charge in [-0.15, -0.1) is 0 Å². The number of nitrogens with zero attached hydrogens (tertiary/aromatic N) is 3. The molecule has 1 aromatic carbocycles. The Bertz CT molecular complexity index is 938. The average molecular weight is 383 g/mol. The third kappa shape index (κ3) is 3.08. The summed E-state index contributed by atoms with van der Waals surface area (Å²) in [7, 11) is 0. The number of aromatic nitrogens is 2. The van der Waals surface area contributed by atoms with Crippen molar-refractivity contribution < 1.29 is 0 Å². The topological polar surface area (TPSA) is 33.1 Å². The zero-order valence-corrected chi connectivity index (χ0v) is 16.0. The minimum absolute atomic E-state index is 0.0342. The zero-order chi connectivity index (χ0) is 18.1. The molecule has 4 nitrogen and oxygen atoms in total. The molecule has 0 saturated carbocycles. The number of hydrogen-bond donors (Lipinski definition) is 1. The average Bonchev–Trinajstić information content (AvgIpc) is 3.14. The highest BCUT2D eigenvalue weighted by atomic mass is 35.5. The fourth-order valence-electron chi connectivity index (χ4n) is 3.42. The van der Waals surface area contributed by atoms with Gasteiger partial charge in [0.15, 0.2) is 5.11 Å². The first-order chi connectivity index (χ1) is 12.6. The minimum atomic E-state index is 0.0342. The van der Waals surface area contributed by atoms with Crippen molar-refractivity contribution in [1.82, 2.24) is 14.5 Å². The number of thiocarbonyl (C=S) groups is 1. The predicted octanol–water partition coefficient (Wildman–Crippen LogP) is 4.65. The standard InChI is InChI=1S/C20H19ClN4S/c1-14-16(21)6-2-7-17(14)23-20(26)25-12-11-24-10-4-8-18(24)19(25)15-5-3-9-22-13-15/h2-10,13,19H,11-12H2,1H3,(H,23,26)/t19-/m1/s1. The van der Waals surface area contributed by atoms with Crippen LogP contribution in [0.25, 0.3) is 0 Å². The molecule has 0 unspecified atom stereocenters. The van der Waals surface area contributed by atoms with Gasteiger partial charge in [0.2, 0.25) is 0 Å². The molecule has 0 fully saturated rings. The van der Waals surface area contributed by atoms with Crippen LogP contribution in [0.1, 0.15) is 22.9 Å². The van der Waals surface area contributed by atoms with Gasteiger partial charge in [-0.05, 0) is 60.6 Å². The molecule has 6 heteroatoms. The maximum Gasteiger partial charge on any atom is 0.174 e. The molecule has 132 valence electrons. The Labute approximate surface area is 163 Å². The van der Waals surface area contributed by atoms with Crippen molar-refractivity contribution in [3.05, 3.63) is 82.9 Å². The van der Waals surface area contributed by atoms with Crippen molar-refractivity contribution >= 4 is 34.6 Å². The molecular formula is C20H19ClN4S. The number of nitrogens with one attached hydrogen (secondary N) is 1. The van der Waals surface area contributed by atoms with Crippen molar-refractivity contribution in [1.29, 1.82) is 0 Å². The molecule has 1 N–H and O–H groups in total. The Balaban J connectivity index is 1.68. The smallest absolute Gasteiger partial charge is 0.174 e. The third-order valence-corrected chi connectivity index (χ3v) is 5.55. The van der Waals surface area contributed by atoms with Crippen molar-refractivity contribution in [2.24, 2.45) is 0 Å². The summed E-state index contributed by atoms with van der Waals surface area (Å²) in [6.07, 6.45) is 5.82. The van der Waals surface area contributed by atoms with E-state index in [-0.39, 0.29) is 6.04 Å². The number of halogens is 1. The van der Waals surface area contributed by atoms with Crippen LogP contribution < -0.4 is 5.32 Å². The molecule has 0 amide bonds. The van der Waals surface area contributed by atoms with Crippen molar-refractivity contribution in [3.63, 3.8) is 0 Å². The van der Waals surface area contributed by atoms with Crippen LogP contribution in [0.15, 0.2) is 61.1 Å². The molecule has 3 heterocycles. The van der Waals surface area contributed by atoms with E-state index in [1.165, 1.54) is 5.69 Å². The van der Waals surface area contributed by atoms with Crippen molar-refractivity contribution in [2.75, 3.05) is 11.9 Å². The molecule has 1 aliphatic heterocycles. The fourth-order valence-corrected chi connectivity index (χ4v) is 3.90. The van der Waals surface area contributed by atoms with Gasteiger partial charge in [0.1, 0.15) is 0 Å². The second kappa shape index (κ2) is 7.09. The van der Waals surface area contributed by atoms with Gasteiger partial charge in [-0.1, -0.05) is 23.7 Å². The molecule has 4 rings (SSSR count). The van der Waals surface area contributed by atoms with Gasteiger partial charge in [-0.2, -0.15) is 0 Å². The Morgan fingerprint density at radius 3 is 2.88 bits per heavy atom. The first-order valence-electron chi connectivity index (χ1n) is 8.53. The zero-order valence-electron chi connectivity index (χ0n) is 14.4. The van der Waals surface area contributed by atoms with E-state index in [0.29, 0.717) is 5.11 Å². The Morgan fingerprint density at radius 2 is 2.08 bits per heavy atom. The number of anilines is 1. The Kier molecular flexibility index (Phi) is 4.66. The lowest BCUT2D eigenvalue weighted by atomic mass is 10.0. The summed E-state index contributed by atoms with van der Waals surface area (Å²) in [6, 6.07) is 14.1. The maximum absolute atomic E-state index is 6.25. The van der Waals surface area contributed by atoms with Crippen LogP contribution in [-0.4, -0.2) is 26.1 Å². The molecule has 0 saturated heterocycles. The molecule has 26 heavy (non-hydrogen) atoms. The van der Waals surface area contributed by atoms with Crippen molar-refractivity contribution in [3.8, 4) is 0 Å². The van der Waals surface area contributed by atoms with E-state index in [1.807, 2.05) is 37.4 Å². The molecular weight excluding hydrogens is 364 g/mol. The van der Waals surface area contributed by atoms with E-state index in [1.54, 1.807) is 6.20 Å². The molecule has 1 atom stereocenters. The monoisotopic (exact) mass is 382 g/mol. The first-order valence-corrected chi connectivity index (χ1v) is 9.31. The van der Waals surface area contributed by atoms with E-state index in [9.17, 15) is 0 Å². The lowest BCUT2D eigenvalue weighted by molar-refractivity contribution is 0.293. The third-order valence-electron chi connectivity index (χ3n) is 4.81. The number of benzene rings is 1. The van der Waals surface area contributed by atoms with Crippen LogP contribution in [0, 0.1) is 6.92 Å². The lowest BCUT2D eigenvalue weighted by Crippen LogP contribution is -2.44. The lowest BCUT2D eigenvalue weighted by Gasteiger charge is -2.39. The van der Waals surface area contributed by atoms with Crippen LogP contribution in [0.2, 0.25) is 5.02 Å². The number of fused-ring (bicyclic) bond motifs is 1. The molecule has 0 spiro atoms. The number of pyridine rings is 1. The molecule has 0 aliphatic carbocycles. The Hall–Kier alpha value is -2.37. The maximum atomic E-state index is 6.25. The highest BCUT2D eigenvalue weighted by Crippen LogP contribution is 2.33. The van der Waals surface area contributed by atoms with Gasteiger partial charge in [-0.25, -0.2) is 0 Å². The van der Waals surface area contributed by atoms with Gasteiger partial charge >= 0.3 is 0 Å². The summed E-state index contributed by atoms with van der Waals surface area (Å²) in [5.41, 5.74) is 4.28. The molecule has 3 aromatic rings. The number of hydrogen-bond acceptors (Lipinski definition) is 2. The fraction of sp³-hybridized carbons (Fsp3) is 0.200. The van der Waals surface area contributed by atoms with Gasteiger partial charge in [0.05, 0.1) is 6.04 Å². The van der Waals surface area contributed by atoms with Crippen LogP contribution in [-0.2, 0) is 6.54 Å². The summed E-state index contributed by atoms with van der Waals surface area (Å²) >= 11 is 12.0. The number of rotatable bonds is 2. The highest BCUT2D eigenvalue weighted by Gasteiger charge is 2.30. The summed E-state index contributed by atoms with van der Waals surface area (Å²) in [4.78, 5) is 6.53. The second-order valence-corrected chi connectivity index (χ2v) is 7.15. The predicted molar refractivity (Wildman–Crippen MR) is 110 cm³/mol. The van der Waals surface area contributed by atoms with Crippen LogP contribution in [0.3, 0.4) is 0 Å². The summed E-state index contributed by atoms with van der Waals surface area (Å²) in [5, 5.41) is 4.81. The first kappa shape index (κ1) is 17.1. The van der Waals surface area contributed by atoms with Gasteiger partial charge in [0.25, 0.3) is 0 Å². The summed E-state index contributed by atoms with van der Waals surface area (Å²) in [5.74, 6) is 0.